The van der Waals surface area contributed by atoms with Gasteiger partial charge >= 0.3 is 0 Å². The van der Waals surface area contributed by atoms with Crippen molar-refractivity contribution in [2.24, 2.45) is 0 Å². The van der Waals surface area contributed by atoms with Gasteiger partial charge < -0.3 is 0 Å². The second kappa shape index (κ2) is 6.34. The Hall–Kier alpha value is -0.195. The minimum absolute atomic E-state index is 0.823. The van der Waals surface area contributed by atoms with Gasteiger partial charge in [0.05, 0.1) is 0 Å². The second-order valence-corrected chi connectivity index (χ2v) is 4.30. The van der Waals surface area contributed by atoms with E-state index in [-0.39, 0.29) is 0 Å². The molecule has 0 aliphatic rings. The van der Waals surface area contributed by atoms with E-state index < -0.39 is 0 Å². The van der Waals surface area contributed by atoms with E-state index in [0.717, 1.165) is 18.3 Å². The minimum atomic E-state index is 0.823. The summed E-state index contributed by atoms with van der Waals surface area (Å²) in [4.78, 5) is 0. The van der Waals surface area contributed by atoms with Gasteiger partial charge in [0.25, 0.3) is 0 Å². The molecule has 12 heavy (non-hydrogen) atoms. The molecule has 0 rings (SSSR count). The summed E-state index contributed by atoms with van der Waals surface area (Å²) < 4.78 is 0. The maximum atomic E-state index is 3.74. The molecule has 0 heterocycles. The van der Waals surface area contributed by atoms with E-state index >= 15 is 0 Å². The fourth-order valence-electron chi connectivity index (χ4n) is 1.50. The average molecular weight is 166 g/mol. The molecule has 0 N–H and O–H groups in total. The van der Waals surface area contributed by atoms with Crippen LogP contribution >= 0.6 is 0 Å². The number of hydrogen-bond acceptors (Lipinski definition) is 0. The lowest BCUT2D eigenvalue weighted by atomic mass is 9.36. The van der Waals surface area contributed by atoms with E-state index in [1.165, 1.54) is 19.3 Å². The van der Waals surface area contributed by atoms with Gasteiger partial charge in [-0.2, -0.15) is 0 Å². The molecule has 0 saturated heterocycles. The molecule has 0 aromatic rings. The SMILES string of the molecule is C=CCCCC(C)B(C)C(C)C. The summed E-state index contributed by atoms with van der Waals surface area (Å²) >= 11 is 0. The van der Waals surface area contributed by atoms with Crippen LogP contribution < -0.4 is 0 Å². The predicted molar refractivity (Wildman–Crippen MR) is 60.2 cm³/mol. The van der Waals surface area contributed by atoms with Crippen LogP contribution in [0.15, 0.2) is 12.7 Å². The van der Waals surface area contributed by atoms with Gasteiger partial charge in [-0.15, -0.1) is 6.58 Å². The van der Waals surface area contributed by atoms with Crippen molar-refractivity contribution in [2.75, 3.05) is 0 Å². The average Bonchev–Trinajstić information content (AvgIpc) is 2.03. The first-order valence-corrected chi connectivity index (χ1v) is 5.20. The maximum Gasteiger partial charge on any atom is 0.142 e. The lowest BCUT2D eigenvalue weighted by Gasteiger charge is -2.19. The molecule has 0 radical (unpaired) electrons. The fourth-order valence-corrected chi connectivity index (χ4v) is 1.50. The molecule has 0 aromatic carbocycles. The third-order valence-corrected chi connectivity index (χ3v) is 3.02. The standard InChI is InChI=1S/C11H23B/c1-6-7-8-9-11(4)12(5)10(2)3/h6,10-11H,1,7-9H2,2-5H3. The highest BCUT2D eigenvalue weighted by Crippen LogP contribution is 2.25. The highest BCUT2D eigenvalue weighted by atomic mass is 14.0. The van der Waals surface area contributed by atoms with Crippen molar-refractivity contribution in [1.82, 2.24) is 0 Å². The first-order valence-electron chi connectivity index (χ1n) is 5.20. The third kappa shape index (κ3) is 4.64. The molecular formula is C11H23B. The summed E-state index contributed by atoms with van der Waals surface area (Å²) in [5, 5.41) is 0. The number of rotatable bonds is 6. The van der Waals surface area contributed by atoms with Crippen molar-refractivity contribution >= 4 is 6.71 Å². The Morgan fingerprint density at radius 2 is 1.92 bits per heavy atom. The predicted octanol–water partition coefficient (Wildman–Crippen LogP) is 4.27. The Morgan fingerprint density at radius 3 is 2.33 bits per heavy atom. The summed E-state index contributed by atoms with van der Waals surface area (Å²) in [6.45, 7) is 14.0. The van der Waals surface area contributed by atoms with Gasteiger partial charge in [0.15, 0.2) is 0 Å². The summed E-state index contributed by atoms with van der Waals surface area (Å²) in [5.41, 5.74) is 0. The van der Waals surface area contributed by atoms with Crippen molar-refractivity contribution in [3.8, 4) is 0 Å². The van der Waals surface area contributed by atoms with Crippen molar-refractivity contribution in [2.45, 2.75) is 58.5 Å². The van der Waals surface area contributed by atoms with E-state index in [1.54, 1.807) is 0 Å². The van der Waals surface area contributed by atoms with Gasteiger partial charge in [-0.3, -0.25) is 0 Å². The van der Waals surface area contributed by atoms with Gasteiger partial charge in [0.1, 0.15) is 6.71 Å². The van der Waals surface area contributed by atoms with Crippen molar-refractivity contribution in [3.63, 3.8) is 0 Å². The minimum Gasteiger partial charge on any atom is -0.103 e. The summed E-state index contributed by atoms with van der Waals surface area (Å²) in [6, 6.07) is 0. The van der Waals surface area contributed by atoms with E-state index in [1.807, 2.05) is 6.08 Å². The van der Waals surface area contributed by atoms with Crippen LogP contribution in [0, 0.1) is 0 Å². The number of unbranched alkanes of at least 4 members (excludes halogenated alkanes) is 1. The quantitative estimate of drug-likeness (QED) is 0.314. The normalized spacial score (nSPS) is 13.1. The largest absolute Gasteiger partial charge is 0.142 e. The van der Waals surface area contributed by atoms with E-state index in [9.17, 15) is 0 Å². The topological polar surface area (TPSA) is 0 Å². The highest BCUT2D eigenvalue weighted by molar-refractivity contribution is 6.60. The summed E-state index contributed by atoms with van der Waals surface area (Å²) in [5.74, 6) is 1.69. The smallest absolute Gasteiger partial charge is 0.103 e. The molecular weight excluding hydrogens is 143 g/mol. The zero-order chi connectivity index (χ0) is 9.56. The first-order chi connectivity index (χ1) is 5.59. The molecule has 0 bridgehead atoms. The van der Waals surface area contributed by atoms with Gasteiger partial charge in [0, 0.05) is 0 Å². The molecule has 1 atom stereocenters. The molecule has 0 aliphatic heterocycles. The zero-order valence-electron chi connectivity index (χ0n) is 9.14. The van der Waals surface area contributed by atoms with Crippen LogP contribution in [0.5, 0.6) is 0 Å². The first kappa shape index (κ1) is 11.8. The molecule has 70 valence electrons. The van der Waals surface area contributed by atoms with Crippen LogP contribution in [0.4, 0.5) is 0 Å². The Morgan fingerprint density at radius 1 is 1.33 bits per heavy atom. The highest BCUT2D eigenvalue weighted by Gasteiger charge is 2.18. The van der Waals surface area contributed by atoms with Crippen LogP contribution in [0.25, 0.3) is 0 Å². The van der Waals surface area contributed by atoms with Gasteiger partial charge in [-0.1, -0.05) is 58.1 Å². The molecule has 0 spiro atoms. The van der Waals surface area contributed by atoms with Crippen molar-refractivity contribution in [1.29, 1.82) is 0 Å². The monoisotopic (exact) mass is 166 g/mol. The summed E-state index contributed by atoms with van der Waals surface area (Å²) in [7, 11) is 0. The fraction of sp³-hybridized carbons (Fsp3) is 0.818. The number of allylic oxidation sites excluding steroid dienone is 1. The zero-order valence-corrected chi connectivity index (χ0v) is 9.14. The van der Waals surface area contributed by atoms with Gasteiger partial charge in [-0.05, 0) is 6.42 Å². The van der Waals surface area contributed by atoms with Crippen LogP contribution in [0.3, 0.4) is 0 Å². The molecule has 0 saturated carbocycles. The van der Waals surface area contributed by atoms with Crippen LogP contribution in [0.1, 0.15) is 40.0 Å². The lowest BCUT2D eigenvalue weighted by Crippen LogP contribution is -2.17. The second-order valence-electron chi connectivity index (χ2n) is 4.30. The van der Waals surface area contributed by atoms with Crippen LogP contribution in [0.2, 0.25) is 18.5 Å². The molecule has 1 heteroatoms. The third-order valence-electron chi connectivity index (χ3n) is 3.02. The Bertz CT molecular complexity index is 118. The molecule has 0 nitrogen and oxygen atoms in total. The molecule has 0 amide bonds. The lowest BCUT2D eigenvalue weighted by molar-refractivity contribution is 0.707. The molecule has 0 aliphatic carbocycles. The van der Waals surface area contributed by atoms with E-state index in [0.29, 0.717) is 0 Å². The Labute approximate surface area is 78.5 Å². The van der Waals surface area contributed by atoms with Crippen LogP contribution in [-0.4, -0.2) is 6.71 Å². The maximum absolute atomic E-state index is 3.74. The molecule has 0 fully saturated rings. The summed E-state index contributed by atoms with van der Waals surface area (Å²) in [6.07, 6.45) is 5.86. The van der Waals surface area contributed by atoms with Crippen LogP contribution in [-0.2, 0) is 0 Å². The number of hydrogen-bond donors (Lipinski definition) is 0. The van der Waals surface area contributed by atoms with Crippen molar-refractivity contribution < 1.29 is 0 Å². The van der Waals surface area contributed by atoms with Crippen molar-refractivity contribution in [3.05, 3.63) is 12.7 Å². The van der Waals surface area contributed by atoms with E-state index in [4.69, 9.17) is 0 Å². The van der Waals surface area contributed by atoms with Gasteiger partial charge in [0.2, 0.25) is 0 Å². The Kier molecular flexibility index (Phi) is 6.23. The van der Waals surface area contributed by atoms with Gasteiger partial charge in [-0.25, -0.2) is 0 Å². The molecule has 0 aromatic heterocycles. The Balaban J connectivity index is 3.56. The van der Waals surface area contributed by atoms with E-state index in [2.05, 4.69) is 34.2 Å². The molecule has 1 unspecified atom stereocenters.